The summed E-state index contributed by atoms with van der Waals surface area (Å²) in [5.74, 6) is 1.43. The zero-order chi connectivity index (χ0) is 19.5. The highest BCUT2D eigenvalue weighted by molar-refractivity contribution is 5.92. The van der Waals surface area contributed by atoms with Crippen LogP contribution >= 0.6 is 0 Å². The van der Waals surface area contributed by atoms with E-state index in [1.165, 1.54) is 0 Å². The van der Waals surface area contributed by atoms with Gasteiger partial charge in [0.1, 0.15) is 11.5 Å². The van der Waals surface area contributed by atoms with Crippen molar-refractivity contribution < 1.29 is 14.4 Å². The molecular formula is C21H28N4O3. The quantitative estimate of drug-likeness (QED) is 0.675. The topological polar surface area (TPSA) is 105 Å². The van der Waals surface area contributed by atoms with E-state index in [4.69, 9.17) is 10.3 Å². The molecule has 1 amide bonds. The summed E-state index contributed by atoms with van der Waals surface area (Å²) < 4.78 is 5.27. The molecule has 2 aliphatic rings. The maximum absolute atomic E-state index is 12.4. The van der Waals surface area contributed by atoms with Gasteiger partial charge in [0, 0.05) is 43.7 Å². The van der Waals surface area contributed by atoms with Gasteiger partial charge in [0.15, 0.2) is 5.69 Å². The number of hydrogen-bond acceptors (Lipinski definition) is 6. The summed E-state index contributed by atoms with van der Waals surface area (Å²) >= 11 is 0. The number of aromatic hydroxyl groups is 1. The molecule has 1 saturated heterocycles. The summed E-state index contributed by atoms with van der Waals surface area (Å²) in [6.07, 6.45) is 4.86. The lowest BCUT2D eigenvalue weighted by Gasteiger charge is -2.33. The maximum Gasteiger partial charge on any atom is 0.273 e. The summed E-state index contributed by atoms with van der Waals surface area (Å²) in [7, 11) is 0. The third-order valence-corrected chi connectivity index (χ3v) is 5.59. The van der Waals surface area contributed by atoms with Crippen molar-refractivity contribution in [2.45, 2.75) is 50.1 Å². The van der Waals surface area contributed by atoms with Crippen molar-refractivity contribution in [1.29, 1.82) is 0 Å². The Morgan fingerprint density at radius 3 is 2.64 bits per heavy atom. The fraction of sp³-hybridized carbons (Fsp3) is 0.524. The van der Waals surface area contributed by atoms with Gasteiger partial charge in [0.25, 0.3) is 5.91 Å². The lowest BCUT2D eigenvalue weighted by molar-refractivity contribution is 0.0900. The highest BCUT2D eigenvalue weighted by Crippen LogP contribution is 2.40. The molecule has 0 unspecified atom stereocenters. The number of carbonyl (C=O) groups excluding carboxylic acids is 1. The first kappa shape index (κ1) is 19.0. The van der Waals surface area contributed by atoms with Crippen LogP contribution in [0.1, 0.15) is 53.4 Å². The number of likely N-dealkylation sites (tertiary alicyclic amines) is 1. The van der Waals surface area contributed by atoms with Crippen molar-refractivity contribution in [2.75, 3.05) is 19.6 Å². The number of benzene rings is 1. The second-order valence-electron chi connectivity index (χ2n) is 8.07. The molecule has 4 N–H and O–H groups in total. The molecule has 1 aromatic carbocycles. The number of nitrogens with two attached hydrogens (primary N) is 1. The maximum atomic E-state index is 12.4. The molecule has 2 heterocycles. The van der Waals surface area contributed by atoms with E-state index in [-0.39, 0.29) is 23.7 Å². The summed E-state index contributed by atoms with van der Waals surface area (Å²) in [5, 5.41) is 16.4. The summed E-state index contributed by atoms with van der Waals surface area (Å²) in [4.78, 5) is 14.7. The molecule has 1 aromatic heterocycles. The first-order valence-electron chi connectivity index (χ1n) is 10.1. The molecule has 7 heteroatoms. The predicted molar refractivity (Wildman–Crippen MR) is 105 cm³/mol. The number of amides is 1. The highest BCUT2D eigenvalue weighted by atomic mass is 16.5. The van der Waals surface area contributed by atoms with Crippen molar-refractivity contribution in [1.82, 2.24) is 15.4 Å². The van der Waals surface area contributed by atoms with Crippen LogP contribution in [-0.2, 0) is 6.42 Å². The van der Waals surface area contributed by atoms with Gasteiger partial charge >= 0.3 is 0 Å². The standard InChI is InChI=1S/C21H28N4O3/c22-16(11-14-1-5-18(26)6-2-14)13-25-9-7-17(8-10-25)23-21(27)19-12-20(28-24-19)15-3-4-15/h1-2,5-6,12,15-17,26H,3-4,7-11,13,22H2,(H,23,27)/t16-/m0/s1. The molecule has 7 nitrogen and oxygen atoms in total. The van der Waals surface area contributed by atoms with Crippen LogP contribution in [0.2, 0.25) is 0 Å². The van der Waals surface area contributed by atoms with E-state index in [1.807, 2.05) is 12.1 Å². The first-order chi connectivity index (χ1) is 13.6. The van der Waals surface area contributed by atoms with Gasteiger partial charge in [0.05, 0.1) is 0 Å². The zero-order valence-electron chi connectivity index (χ0n) is 16.0. The SMILES string of the molecule is N[C@@H](Cc1ccc(O)cc1)CN1CCC(NC(=O)c2cc(C3CC3)on2)CC1. The lowest BCUT2D eigenvalue weighted by atomic mass is 10.0. The predicted octanol–water partition coefficient (Wildman–Crippen LogP) is 2.02. The Hall–Kier alpha value is -2.38. The Morgan fingerprint density at radius 1 is 1.25 bits per heavy atom. The molecule has 2 aromatic rings. The van der Waals surface area contributed by atoms with Crippen LogP contribution in [0.4, 0.5) is 0 Å². The first-order valence-corrected chi connectivity index (χ1v) is 10.1. The van der Waals surface area contributed by atoms with Gasteiger partial charge < -0.3 is 25.6 Å². The van der Waals surface area contributed by atoms with E-state index in [1.54, 1.807) is 18.2 Å². The highest BCUT2D eigenvalue weighted by Gasteiger charge is 2.29. The van der Waals surface area contributed by atoms with Gasteiger partial charge in [-0.1, -0.05) is 17.3 Å². The minimum atomic E-state index is -0.141. The van der Waals surface area contributed by atoms with Crippen LogP contribution in [0.5, 0.6) is 5.75 Å². The van der Waals surface area contributed by atoms with Crippen molar-refractivity contribution >= 4 is 5.91 Å². The minimum absolute atomic E-state index is 0.0478. The molecule has 150 valence electrons. The number of aromatic nitrogens is 1. The number of rotatable bonds is 7. The molecule has 0 spiro atoms. The molecule has 4 rings (SSSR count). The van der Waals surface area contributed by atoms with Crippen LogP contribution in [0, 0.1) is 0 Å². The normalized spacial score (nSPS) is 19.5. The van der Waals surface area contributed by atoms with Gasteiger partial charge in [-0.3, -0.25) is 4.79 Å². The van der Waals surface area contributed by atoms with E-state index in [0.29, 0.717) is 11.6 Å². The number of nitrogens with one attached hydrogen (secondary N) is 1. The van der Waals surface area contributed by atoms with E-state index in [2.05, 4.69) is 15.4 Å². The Balaban J connectivity index is 1.19. The molecule has 1 aliphatic heterocycles. The summed E-state index contributed by atoms with van der Waals surface area (Å²) in [5.41, 5.74) is 7.82. The van der Waals surface area contributed by atoms with Gasteiger partial charge in [-0.25, -0.2) is 0 Å². The van der Waals surface area contributed by atoms with E-state index >= 15 is 0 Å². The van der Waals surface area contributed by atoms with Crippen LogP contribution in [0.25, 0.3) is 0 Å². The number of phenolic OH excluding ortho intramolecular Hbond substituents is 1. The molecule has 28 heavy (non-hydrogen) atoms. The second-order valence-corrected chi connectivity index (χ2v) is 8.07. The van der Waals surface area contributed by atoms with E-state index < -0.39 is 0 Å². The third kappa shape index (κ3) is 4.91. The Morgan fingerprint density at radius 2 is 1.96 bits per heavy atom. The van der Waals surface area contributed by atoms with Crippen LogP contribution in [0.15, 0.2) is 34.9 Å². The van der Waals surface area contributed by atoms with E-state index in [0.717, 1.165) is 63.1 Å². The van der Waals surface area contributed by atoms with Gasteiger partial charge in [-0.05, 0) is 49.8 Å². The van der Waals surface area contributed by atoms with Crippen molar-refractivity contribution in [3.8, 4) is 5.75 Å². The molecule has 1 saturated carbocycles. The number of carbonyl (C=O) groups is 1. The van der Waals surface area contributed by atoms with Crippen molar-refractivity contribution in [3.63, 3.8) is 0 Å². The molecule has 0 radical (unpaired) electrons. The smallest absolute Gasteiger partial charge is 0.273 e. The molecular weight excluding hydrogens is 356 g/mol. The van der Waals surface area contributed by atoms with Gasteiger partial charge in [-0.15, -0.1) is 0 Å². The minimum Gasteiger partial charge on any atom is -0.508 e. The lowest BCUT2D eigenvalue weighted by Crippen LogP contribution is -2.48. The van der Waals surface area contributed by atoms with Crippen LogP contribution in [0.3, 0.4) is 0 Å². The monoisotopic (exact) mass is 384 g/mol. The average molecular weight is 384 g/mol. The van der Waals surface area contributed by atoms with Crippen LogP contribution < -0.4 is 11.1 Å². The molecule has 1 aliphatic carbocycles. The fourth-order valence-corrected chi connectivity index (χ4v) is 3.81. The number of nitrogens with zero attached hydrogens (tertiary/aromatic N) is 2. The van der Waals surface area contributed by atoms with Crippen molar-refractivity contribution in [2.24, 2.45) is 5.73 Å². The number of piperidine rings is 1. The van der Waals surface area contributed by atoms with Gasteiger partial charge in [0.2, 0.25) is 0 Å². The Labute approximate surface area is 164 Å². The Bertz CT molecular complexity index is 792. The Kier molecular flexibility index (Phi) is 5.64. The zero-order valence-corrected chi connectivity index (χ0v) is 16.0. The molecule has 0 bridgehead atoms. The summed E-state index contributed by atoms with van der Waals surface area (Å²) in [6, 6.07) is 9.21. The number of hydrogen-bond donors (Lipinski definition) is 3. The second kappa shape index (κ2) is 8.32. The third-order valence-electron chi connectivity index (χ3n) is 5.59. The molecule has 2 fully saturated rings. The van der Waals surface area contributed by atoms with E-state index in [9.17, 15) is 9.90 Å². The summed E-state index contributed by atoms with van der Waals surface area (Å²) in [6.45, 7) is 2.66. The average Bonchev–Trinajstić information content (AvgIpc) is 3.41. The molecule has 1 atom stereocenters. The largest absolute Gasteiger partial charge is 0.508 e. The number of phenols is 1. The van der Waals surface area contributed by atoms with Gasteiger partial charge in [-0.2, -0.15) is 0 Å². The van der Waals surface area contributed by atoms with Crippen LogP contribution in [-0.4, -0.2) is 52.8 Å². The fourth-order valence-electron chi connectivity index (χ4n) is 3.81. The van der Waals surface area contributed by atoms with Crippen molar-refractivity contribution in [3.05, 3.63) is 47.3 Å².